The van der Waals surface area contributed by atoms with Crippen LogP contribution in [-0.4, -0.2) is 4.98 Å². The van der Waals surface area contributed by atoms with E-state index in [4.69, 9.17) is 4.74 Å². The summed E-state index contributed by atoms with van der Waals surface area (Å²) >= 11 is 3.40. The van der Waals surface area contributed by atoms with Crippen molar-refractivity contribution in [2.75, 3.05) is 0 Å². The summed E-state index contributed by atoms with van der Waals surface area (Å²) in [6.07, 6.45) is 5.58. The number of benzene rings is 2. The number of nitrogens with zero attached hydrogens (tertiary/aromatic N) is 2. The molecule has 0 saturated heterocycles. The second-order valence-electron chi connectivity index (χ2n) is 4.61. The lowest BCUT2D eigenvalue weighted by Gasteiger charge is -2.04. The summed E-state index contributed by atoms with van der Waals surface area (Å²) in [5.41, 5.74) is 1.24. The molecule has 0 aliphatic carbocycles. The molecule has 4 heteroatoms. The summed E-state index contributed by atoms with van der Waals surface area (Å²) in [5, 5.41) is 0. The molecule has 0 radical (unpaired) electrons. The van der Waals surface area contributed by atoms with Crippen LogP contribution in [0.4, 0.5) is 0 Å². The van der Waals surface area contributed by atoms with Crippen molar-refractivity contribution in [3.8, 4) is 11.6 Å². The van der Waals surface area contributed by atoms with Gasteiger partial charge in [-0.1, -0.05) is 46.3 Å². The van der Waals surface area contributed by atoms with Crippen molar-refractivity contribution in [3.63, 3.8) is 0 Å². The largest absolute Gasteiger partial charge is 0.434 e. The summed E-state index contributed by atoms with van der Waals surface area (Å²) in [7, 11) is 0. The van der Waals surface area contributed by atoms with E-state index in [1.54, 1.807) is 6.20 Å². The molecule has 0 spiro atoms. The van der Waals surface area contributed by atoms with Crippen LogP contribution in [-0.2, 0) is 6.54 Å². The van der Waals surface area contributed by atoms with Crippen molar-refractivity contribution in [2.45, 2.75) is 6.54 Å². The van der Waals surface area contributed by atoms with E-state index in [9.17, 15) is 0 Å². The molecule has 2 aromatic carbocycles. The SMILES string of the molecule is Brc1ccc(Oc2c[n+](Cc3ccccc3)ccn2)cc1. The molecule has 3 aromatic rings. The molecule has 0 unspecified atom stereocenters. The van der Waals surface area contributed by atoms with Crippen molar-refractivity contribution >= 4 is 15.9 Å². The van der Waals surface area contributed by atoms with Crippen LogP contribution in [0.2, 0.25) is 0 Å². The van der Waals surface area contributed by atoms with E-state index in [-0.39, 0.29) is 0 Å². The highest BCUT2D eigenvalue weighted by Crippen LogP contribution is 2.20. The molecule has 21 heavy (non-hydrogen) atoms. The molecule has 0 saturated carbocycles. The topological polar surface area (TPSA) is 26.0 Å². The van der Waals surface area contributed by atoms with Crippen molar-refractivity contribution in [1.82, 2.24) is 4.98 Å². The average molecular weight is 342 g/mol. The fourth-order valence-corrected chi connectivity index (χ4v) is 2.24. The molecule has 1 heterocycles. The Morgan fingerprint density at radius 1 is 1.00 bits per heavy atom. The Balaban J connectivity index is 1.75. The van der Waals surface area contributed by atoms with E-state index < -0.39 is 0 Å². The van der Waals surface area contributed by atoms with Crippen LogP contribution in [0.5, 0.6) is 11.6 Å². The van der Waals surface area contributed by atoms with Crippen molar-refractivity contribution in [2.24, 2.45) is 0 Å². The highest BCUT2D eigenvalue weighted by Gasteiger charge is 2.07. The van der Waals surface area contributed by atoms with E-state index >= 15 is 0 Å². The zero-order valence-electron chi connectivity index (χ0n) is 11.3. The Morgan fingerprint density at radius 2 is 1.76 bits per heavy atom. The minimum atomic E-state index is 0.579. The molecular formula is C17H14BrN2O+. The molecular weight excluding hydrogens is 328 g/mol. The molecule has 0 amide bonds. The van der Waals surface area contributed by atoms with Gasteiger partial charge in [0.05, 0.1) is 6.20 Å². The standard InChI is InChI=1S/C17H14BrN2O/c18-15-6-8-16(9-7-15)21-17-13-20(11-10-19-17)12-14-4-2-1-3-5-14/h1-11,13H,12H2/q+1. The molecule has 0 bridgehead atoms. The maximum Gasteiger partial charge on any atom is 0.285 e. The Bertz CT molecular complexity index is 714. The van der Waals surface area contributed by atoms with E-state index in [0.717, 1.165) is 16.8 Å². The van der Waals surface area contributed by atoms with Gasteiger partial charge in [0, 0.05) is 10.0 Å². The van der Waals surface area contributed by atoms with Gasteiger partial charge in [0.25, 0.3) is 5.88 Å². The summed E-state index contributed by atoms with van der Waals surface area (Å²) in [4.78, 5) is 4.24. The van der Waals surface area contributed by atoms with Crippen LogP contribution in [0.3, 0.4) is 0 Å². The molecule has 0 N–H and O–H groups in total. The molecule has 3 nitrogen and oxygen atoms in total. The van der Waals surface area contributed by atoms with Crippen LogP contribution < -0.4 is 9.30 Å². The van der Waals surface area contributed by atoms with Gasteiger partial charge in [-0.3, -0.25) is 0 Å². The summed E-state index contributed by atoms with van der Waals surface area (Å²) in [6.45, 7) is 0.792. The third-order valence-electron chi connectivity index (χ3n) is 2.98. The Labute approximate surface area is 132 Å². The first-order chi connectivity index (χ1) is 10.3. The van der Waals surface area contributed by atoms with Gasteiger partial charge in [-0.05, 0) is 24.3 Å². The molecule has 104 valence electrons. The minimum absolute atomic E-state index is 0.579. The fourth-order valence-electron chi connectivity index (χ4n) is 1.98. The van der Waals surface area contributed by atoms with Crippen molar-refractivity contribution in [1.29, 1.82) is 0 Å². The van der Waals surface area contributed by atoms with Crippen LogP contribution >= 0.6 is 15.9 Å². The molecule has 0 fully saturated rings. The maximum atomic E-state index is 5.76. The van der Waals surface area contributed by atoms with Gasteiger partial charge < -0.3 is 4.74 Å². The normalized spacial score (nSPS) is 10.3. The highest BCUT2D eigenvalue weighted by molar-refractivity contribution is 9.10. The monoisotopic (exact) mass is 341 g/mol. The summed E-state index contributed by atoms with van der Waals surface area (Å²) < 4.78 is 8.83. The van der Waals surface area contributed by atoms with E-state index in [1.165, 1.54) is 5.56 Å². The zero-order valence-corrected chi connectivity index (χ0v) is 12.9. The highest BCUT2D eigenvalue weighted by atomic mass is 79.9. The molecule has 0 atom stereocenters. The van der Waals surface area contributed by atoms with Crippen LogP contribution in [0.1, 0.15) is 5.56 Å². The molecule has 0 aliphatic rings. The Hall–Kier alpha value is -2.20. The zero-order chi connectivity index (χ0) is 14.5. The lowest BCUT2D eigenvalue weighted by Crippen LogP contribution is -2.33. The molecule has 3 rings (SSSR count). The average Bonchev–Trinajstić information content (AvgIpc) is 2.51. The number of hydrogen-bond donors (Lipinski definition) is 0. The first-order valence-electron chi connectivity index (χ1n) is 6.62. The van der Waals surface area contributed by atoms with Crippen molar-refractivity contribution in [3.05, 3.63) is 83.2 Å². The maximum absolute atomic E-state index is 5.76. The minimum Gasteiger partial charge on any atom is -0.434 e. The number of ether oxygens (including phenoxy) is 1. The van der Waals surface area contributed by atoms with Gasteiger partial charge in [0.15, 0.2) is 12.7 Å². The lowest BCUT2D eigenvalue weighted by molar-refractivity contribution is -0.689. The predicted octanol–water partition coefficient (Wildman–Crippen LogP) is 3.97. The Morgan fingerprint density at radius 3 is 2.52 bits per heavy atom. The Kier molecular flexibility index (Phi) is 4.26. The first-order valence-corrected chi connectivity index (χ1v) is 7.41. The van der Waals surface area contributed by atoms with Crippen molar-refractivity contribution < 1.29 is 9.30 Å². The molecule has 1 aromatic heterocycles. The van der Waals surface area contributed by atoms with Crippen LogP contribution in [0.15, 0.2) is 77.7 Å². The van der Waals surface area contributed by atoms with E-state index in [1.807, 2.05) is 54.9 Å². The second-order valence-corrected chi connectivity index (χ2v) is 5.52. The lowest BCUT2D eigenvalue weighted by atomic mass is 10.2. The second kappa shape index (κ2) is 6.50. The first kappa shape index (κ1) is 13.8. The van der Waals surface area contributed by atoms with Gasteiger partial charge in [0.1, 0.15) is 5.75 Å². The van der Waals surface area contributed by atoms with Gasteiger partial charge in [-0.25, -0.2) is 4.98 Å². The fraction of sp³-hybridized carbons (Fsp3) is 0.0588. The van der Waals surface area contributed by atoms with Gasteiger partial charge in [-0.15, -0.1) is 0 Å². The van der Waals surface area contributed by atoms with Gasteiger partial charge in [0.2, 0.25) is 6.20 Å². The number of rotatable bonds is 4. The van der Waals surface area contributed by atoms with Crippen LogP contribution in [0.25, 0.3) is 0 Å². The van der Waals surface area contributed by atoms with Crippen LogP contribution in [0, 0.1) is 0 Å². The van der Waals surface area contributed by atoms with Gasteiger partial charge in [-0.2, -0.15) is 4.57 Å². The summed E-state index contributed by atoms with van der Waals surface area (Å²) in [6, 6.07) is 18.0. The van der Waals surface area contributed by atoms with E-state index in [0.29, 0.717) is 5.88 Å². The third kappa shape index (κ3) is 3.89. The number of hydrogen-bond acceptors (Lipinski definition) is 2. The quantitative estimate of drug-likeness (QED) is 0.671. The number of halogens is 1. The smallest absolute Gasteiger partial charge is 0.285 e. The third-order valence-corrected chi connectivity index (χ3v) is 3.51. The predicted molar refractivity (Wildman–Crippen MR) is 84.2 cm³/mol. The summed E-state index contributed by atoms with van der Waals surface area (Å²) in [5.74, 6) is 1.35. The number of aromatic nitrogens is 2. The van der Waals surface area contributed by atoms with E-state index in [2.05, 4.69) is 37.6 Å². The molecule has 0 aliphatic heterocycles. The van der Waals surface area contributed by atoms with Gasteiger partial charge >= 0.3 is 0 Å².